The van der Waals surface area contributed by atoms with Crippen LogP contribution in [0.25, 0.3) is 22.3 Å². The van der Waals surface area contributed by atoms with Gasteiger partial charge < -0.3 is 4.79 Å². The van der Waals surface area contributed by atoms with Gasteiger partial charge in [0.2, 0.25) is 0 Å². The minimum absolute atomic E-state index is 1.26. The average molecular weight is 260 g/mol. The predicted molar refractivity (Wildman–Crippen MR) is 84.4 cm³/mol. The SMILES string of the molecule is C=O.c1ccc(-c2ccc(-c3ccccc3)cc2)cc1. The van der Waals surface area contributed by atoms with E-state index in [1.54, 1.807) is 0 Å². The smallest absolute Gasteiger partial charge is 0.106 e. The quantitative estimate of drug-likeness (QED) is 0.644. The Kier molecular flexibility index (Phi) is 4.85. The van der Waals surface area contributed by atoms with Crippen LogP contribution in [0.15, 0.2) is 84.9 Å². The summed E-state index contributed by atoms with van der Waals surface area (Å²) in [5.74, 6) is 0. The maximum absolute atomic E-state index is 8.00. The maximum atomic E-state index is 8.00. The summed E-state index contributed by atoms with van der Waals surface area (Å²) in [5, 5.41) is 0. The Labute approximate surface area is 119 Å². The van der Waals surface area contributed by atoms with Crippen molar-refractivity contribution in [1.82, 2.24) is 0 Å². The molecule has 0 aliphatic heterocycles. The van der Waals surface area contributed by atoms with Crippen molar-refractivity contribution in [2.75, 3.05) is 0 Å². The van der Waals surface area contributed by atoms with Crippen molar-refractivity contribution in [2.24, 2.45) is 0 Å². The highest BCUT2D eigenvalue weighted by Crippen LogP contribution is 2.24. The topological polar surface area (TPSA) is 17.1 Å². The third-order valence-corrected chi connectivity index (χ3v) is 3.10. The van der Waals surface area contributed by atoms with Gasteiger partial charge in [-0.1, -0.05) is 84.9 Å². The van der Waals surface area contributed by atoms with Gasteiger partial charge in [-0.25, -0.2) is 0 Å². The molecule has 98 valence electrons. The monoisotopic (exact) mass is 260 g/mol. The molecule has 0 saturated carbocycles. The standard InChI is InChI=1S/C18H14.CH2O/c1-3-7-15(8-4-1)17-11-13-18(14-12-17)16-9-5-2-6-10-16;1-2/h1-14H;1H2. The molecule has 20 heavy (non-hydrogen) atoms. The Morgan fingerprint density at radius 3 is 0.950 bits per heavy atom. The largest absolute Gasteiger partial charge is 0.307 e. The minimum Gasteiger partial charge on any atom is -0.307 e. The fourth-order valence-electron chi connectivity index (χ4n) is 2.12. The number of hydrogen-bond donors (Lipinski definition) is 0. The zero-order valence-electron chi connectivity index (χ0n) is 11.2. The molecular formula is C19H16O. The van der Waals surface area contributed by atoms with E-state index in [0.29, 0.717) is 0 Å². The van der Waals surface area contributed by atoms with Crippen LogP contribution in [0.4, 0.5) is 0 Å². The minimum atomic E-state index is 1.26. The molecule has 3 rings (SSSR count). The molecule has 0 unspecified atom stereocenters. The van der Waals surface area contributed by atoms with Gasteiger partial charge >= 0.3 is 0 Å². The highest BCUT2D eigenvalue weighted by Gasteiger charge is 1.98. The second-order valence-electron chi connectivity index (χ2n) is 4.31. The van der Waals surface area contributed by atoms with Crippen molar-refractivity contribution in [3.63, 3.8) is 0 Å². The van der Waals surface area contributed by atoms with Crippen LogP contribution < -0.4 is 0 Å². The number of rotatable bonds is 2. The van der Waals surface area contributed by atoms with E-state index in [2.05, 4.69) is 72.8 Å². The predicted octanol–water partition coefficient (Wildman–Crippen LogP) is 4.84. The summed E-state index contributed by atoms with van der Waals surface area (Å²) in [6, 6.07) is 29.6. The zero-order chi connectivity index (χ0) is 14.2. The normalized spacial score (nSPS) is 9.40. The summed E-state index contributed by atoms with van der Waals surface area (Å²) >= 11 is 0. The van der Waals surface area contributed by atoms with Crippen molar-refractivity contribution >= 4 is 6.79 Å². The van der Waals surface area contributed by atoms with Crippen LogP contribution in [0.2, 0.25) is 0 Å². The Hall–Kier alpha value is -2.67. The van der Waals surface area contributed by atoms with E-state index in [9.17, 15) is 0 Å². The first-order valence-electron chi connectivity index (χ1n) is 6.43. The van der Waals surface area contributed by atoms with Gasteiger partial charge in [-0.05, 0) is 22.3 Å². The number of carbonyl (C=O) groups is 1. The van der Waals surface area contributed by atoms with Crippen molar-refractivity contribution < 1.29 is 4.79 Å². The second kappa shape index (κ2) is 7.05. The molecule has 0 amide bonds. The zero-order valence-corrected chi connectivity index (χ0v) is 11.2. The molecule has 1 nitrogen and oxygen atoms in total. The Bertz CT molecular complexity index is 569. The van der Waals surface area contributed by atoms with Gasteiger partial charge in [0.05, 0.1) is 0 Å². The van der Waals surface area contributed by atoms with Crippen molar-refractivity contribution in [3.05, 3.63) is 84.9 Å². The van der Waals surface area contributed by atoms with E-state index < -0.39 is 0 Å². The molecule has 3 aromatic carbocycles. The molecule has 0 bridgehead atoms. The molecule has 0 atom stereocenters. The molecule has 0 saturated heterocycles. The highest BCUT2D eigenvalue weighted by molar-refractivity contribution is 5.70. The van der Waals surface area contributed by atoms with Crippen molar-refractivity contribution in [3.8, 4) is 22.3 Å². The van der Waals surface area contributed by atoms with Gasteiger partial charge in [0, 0.05) is 0 Å². The van der Waals surface area contributed by atoms with Gasteiger partial charge in [0.15, 0.2) is 0 Å². The molecule has 0 aromatic heterocycles. The van der Waals surface area contributed by atoms with Crippen LogP contribution in [-0.4, -0.2) is 6.79 Å². The van der Waals surface area contributed by atoms with E-state index >= 15 is 0 Å². The first-order chi connectivity index (χ1) is 9.93. The van der Waals surface area contributed by atoms with Crippen LogP contribution >= 0.6 is 0 Å². The van der Waals surface area contributed by atoms with Crippen LogP contribution in [0.5, 0.6) is 0 Å². The van der Waals surface area contributed by atoms with Gasteiger partial charge in [-0.2, -0.15) is 0 Å². The lowest BCUT2D eigenvalue weighted by Crippen LogP contribution is -1.79. The second-order valence-corrected chi connectivity index (χ2v) is 4.31. The van der Waals surface area contributed by atoms with Crippen molar-refractivity contribution in [2.45, 2.75) is 0 Å². The molecule has 1 heteroatoms. The fraction of sp³-hybridized carbons (Fsp3) is 0. The lowest BCUT2D eigenvalue weighted by molar-refractivity contribution is -0.0979. The van der Waals surface area contributed by atoms with E-state index in [0.717, 1.165) is 0 Å². The lowest BCUT2D eigenvalue weighted by atomic mass is 10.0. The van der Waals surface area contributed by atoms with E-state index in [-0.39, 0.29) is 0 Å². The fourth-order valence-corrected chi connectivity index (χ4v) is 2.12. The summed E-state index contributed by atoms with van der Waals surface area (Å²) in [4.78, 5) is 8.00. The summed E-state index contributed by atoms with van der Waals surface area (Å²) in [6.07, 6.45) is 0. The van der Waals surface area contributed by atoms with Crippen LogP contribution in [0.3, 0.4) is 0 Å². The summed E-state index contributed by atoms with van der Waals surface area (Å²) in [7, 11) is 0. The van der Waals surface area contributed by atoms with Gasteiger partial charge in [-0.15, -0.1) is 0 Å². The third kappa shape index (κ3) is 3.21. The van der Waals surface area contributed by atoms with E-state index in [1.807, 2.05) is 18.9 Å². The average Bonchev–Trinajstić information content (AvgIpc) is 2.58. The molecule has 0 spiro atoms. The molecular weight excluding hydrogens is 244 g/mol. The molecule has 3 aromatic rings. The highest BCUT2D eigenvalue weighted by atomic mass is 16.1. The molecule has 0 fully saturated rings. The van der Waals surface area contributed by atoms with E-state index in [1.165, 1.54) is 22.3 Å². The molecule has 0 N–H and O–H groups in total. The van der Waals surface area contributed by atoms with Gasteiger partial charge in [-0.3, -0.25) is 0 Å². The lowest BCUT2D eigenvalue weighted by Gasteiger charge is -2.04. The maximum Gasteiger partial charge on any atom is 0.106 e. The van der Waals surface area contributed by atoms with Gasteiger partial charge in [0.1, 0.15) is 6.79 Å². The van der Waals surface area contributed by atoms with Crippen molar-refractivity contribution in [1.29, 1.82) is 0 Å². The van der Waals surface area contributed by atoms with E-state index in [4.69, 9.17) is 4.79 Å². The third-order valence-electron chi connectivity index (χ3n) is 3.10. The molecule has 0 heterocycles. The summed E-state index contributed by atoms with van der Waals surface area (Å²) in [6.45, 7) is 2.00. The Morgan fingerprint density at radius 2 is 0.650 bits per heavy atom. The Balaban J connectivity index is 0.000000704. The number of hydrogen-bond acceptors (Lipinski definition) is 1. The van der Waals surface area contributed by atoms with Crippen LogP contribution in [0, 0.1) is 0 Å². The summed E-state index contributed by atoms with van der Waals surface area (Å²) in [5.41, 5.74) is 5.04. The number of carbonyl (C=O) groups excluding carboxylic acids is 1. The molecule has 0 radical (unpaired) electrons. The number of benzene rings is 3. The Morgan fingerprint density at radius 1 is 0.400 bits per heavy atom. The van der Waals surface area contributed by atoms with Crippen LogP contribution in [-0.2, 0) is 4.79 Å². The first-order valence-corrected chi connectivity index (χ1v) is 6.43. The summed E-state index contributed by atoms with van der Waals surface area (Å²) < 4.78 is 0. The van der Waals surface area contributed by atoms with Gasteiger partial charge in [0.25, 0.3) is 0 Å². The first kappa shape index (κ1) is 13.8. The van der Waals surface area contributed by atoms with Crippen LogP contribution in [0.1, 0.15) is 0 Å². The molecule has 0 aliphatic carbocycles. The molecule has 0 aliphatic rings.